The number of carbonyl (C=O) groups is 1. The lowest BCUT2D eigenvalue weighted by Gasteiger charge is -2.07. The first-order valence-electron chi connectivity index (χ1n) is 9.44. The molecule has 1 heterocycles. The van der Waals surface area contributed by atoms with Crippen molar-refractivity contribution in [1.29, 1.82) is 0 Å². The molecule has 170 valence electrons. The number of carboxylic acid groups (broad SMARTS) is 2. The van der Waals surface area contributed by atoms with Gasteiger partial charge in [-0.25, -0.2) is 26.7 Å². The van der Waals surface area contributed by atoms with E-state index in [-0.39, 0.29) is 28.5 Å². The predicted molar refractivity (Wildman–Crippen MR) is 110 cm³/mol. The third kappa shape index (κ3) is 5.48. The minimum Gasteiger partial charge on any atom is -0.450 e. The maximum Gasteiger partial charge on any atom is 0.503 e. The van der Waals surface area contributed by atoms with Gasteiger partial charge in [0, 0.05) is 23.6 Å². The molecule has 1 fully saturated rings. The zero-order valence-electron chi connectivity index (χ0n) is 16.7. The molecule has 0 amide bonds. The summed E-state index contributed by atoms with van der Waals surface area (Å²) in [4.78, 5) is 8.67. The Bertz CT molecular complexity index is 1160. The van der Waals surface area contributed by atoms with E-state index in [1.807, 2.05) is 37.3 Å². The molecule has 3 atom stereocenters. The summed E-state index contributed by atoms with van der Waals surface area (Å²) in [5.74, 6) is -0.166. The van der Waals surface area contributed by atoms with Crippen molar-refractivity contribution in [2.45, 2.75) is 30.2 Å². The van der Waals surface area contributed by atoms with Gasteiger partial charge in [0.05, 0.1) is 4.90 Å². The second-order valence-corrected chi connectivity index (χ2v) is 8.88. The van der Waals surface area contributed by atoms with Crippen LogP contribution in [0.2, 0.25) is 0 Å². The van der Waals surface area contributed by atoms with Crippen LogP contribution in [-0.4, -0.2) is 36.0 Å². The molecule has 3 N–H and O–H groups in total. The summed E-state index contributed by atoms with van der Waals surface area (Å²) >= 11 is 0. The summed E-state index contributed by atoms with van der Waals surface area (Å²) in [7, 11) is -3.69. The lowest BCUT2D eigenvalue weighted by Crippen LogP contribution is -2.27. The van der Waals surface area contributed by atoms with E-state index in [0.717, 1.165) is 11.6 Å². The predicted octanol–water partition coefficient (Wildman–Crippen LogP) is 4.58. The molecule has 0 radical (unpaired) electrons. The smallest absolute Gasteiger partial charge is 0.450 e. The van der Waals surface area contributed by atoms with Crippen molar-refractivity contribution in [2.75, 3.05) is 0 Å². The van der Waals surface area contributed by atoms with Crippen LogP contribution in [0.1, 0.15) is 30.6 Å². The van der Waals surface area contributed by atoms with Crippen LogP contribution < -0.4 is 4.72 Å². The van der Waals surface area contributed by atoms with Crippen molar-refractivity contribution in [2.24, 2.45) is 5.92 Å². The van der Waals surface area contributed by atoms with E-state index in [1.54, 1.807) is 0 Å². The average molecular weight is 466 g/mol. The lowest BCUT2D eigenvalue weighted by atomic mass is 10.1. The molecule has 1 saturated carbocycles. The molecule has 0 unspecified atom stereocenters. The Morgan fingerprint density at radius 3 is 2.22 bits per heavy atom. The highest BCUT2D eigenvalue weighted by Gasteiger charge is 2.49. The number of sulfonamides is 1. The quantitative estimate of drug-likeness (QED) is 0.485. The molecule has 0 bridgehead atoms. The van der Waals surface area contributed by atoms with Crippen molar-refractivity contribution in [1.82, 2.24) is 9.88 Å². The van der Waals surface area contributed by atoms with Crippen LogP contribution in [0.3, 0.4) is 0 Å². The van der Waals surface area contributed by atoms with Gasteiger partial charge >= 0.3 is 6.16 Å². The van der Waals surface area contributed by atoms with Crippen LogP contribution in [-0.2, 0) is 10.0 Å². The van der Waals surface area contributed by atoms with Crippen molar-refractivity contribution in [3.05, 3.63) is 72.0 Å². The number of rotatable bonds is 6. The van der Waals surface area contributed by atoms with Gasteiger partial charge in [0.15, 0.2) is 0 Å². The first kappa shape index (κ1) is 23.4. The van der Waals surface area contributed by atoms with Gasteiger partial charge < -0.3 is 14.7 Å². The third-order valence-corrected chi connectivity index (χ3v) is 6.53. The maximum atomic E-state index is 12.7. The van der Waals surface area contributed by atoms with Gasteiger partial charge in [-0.2, -0.15) is 0 Å². The molecule has 1 aromatic heterocycles. The topological polar surface area (TPSA) is 130 Å². The van der Waals surface area contributed by atoms with Crippen LogP contribution >= 0.6 is 0 Å². The molecule has 11 heteroatoms. The minimum atomic E-state index is -3.69. The van der Waals surface area contributed by atoms with E-state index in [2.05, 4.69) is 14.4 Å². The molecule has 3 aromatic rings. The van der Waals surface area contributed by atoms with Gasteiger partial charge in [-0.3, -0.25) is 0 Å². The Kier molecular flexibility index (Phi) is 6.90. The van der Waals surface area contributed by atoms with E-state index < -0.39 is 28.4 Å². The second-order valence-electron chi connectivity index (χ2n) is 7.16. The van der Waals surface area contributed by atoms with E-state index in [1.165, 1.54) is 24.3 Å². The van der Waals surface area contributed by atoms with E-state index in [0.29, 0.717) is 5.56 Å². The zero-order valence-corrected chi connectivity index (χ0v) is 17.5. The maximum absolute atomic E-state index is 12.7. The van der Waals surface area contributed by atoms with Crippen molar-refractivity contribution in [3.8, 4) is 11.3 Å². The Morgan fingerprint density at radius 1 is 1.09 bits per heavy atom. The van der Waals surface area contributed by atoms with Crippen LogP contribution in [0.25, 0.3) is 11.3 Å². The highest BCUT2D eigenvalue weighted by Crippen LogP contribution is 2.47. The van der Waals surface area contributed by atoms with Crippen LogP contribution in [0.5, 0.6) is 0 Å². The number of benzene rings is 2. The summed E-state index contributed by atoms with van der Waals surface area (Å²) in [5, 5.41) is 17.5. The van der Waals surface area contributed by atoms with Crippen LogP contribution in [0, 0.1) is 5.92 Å². The van der Waals surface area contributed by atoms with Gasteiger partial charge in [-0.1, -0.05) is 54.5 Å². The lowest BCUT2D eigenvalue weighted by molar-refractivity contribution is 0.112. The molecule has 0 aliphatic heterocycles. The molecule has 0 spiro atoms. The molecule has 4 rings (SSSR count). The molecular formula is C21H20F2N2O6S. The van der Waals surface area contributed by atoms with E-state index in [9.17, 15) is 17.2 Å². The highest BCUT2D eigenvalue weighted by atomic mass is 32.2. The summed E-state index contributed by atoms with van der Waals surface area (Å²) in [6, 6.07) is 16.7. The number of halogens is 2. The Morgan fingerprint density at radius 2 is 1.69 bits per heavy atom. The molecule has 0 saturated heterocycles. The standard InChI is InChI=1S/C20H18F2N2O3S.CH2O3/c1-12-18(14-5-3-2-4-6-14)19(12)24-28(25,26)15-9-7-13(8-10-15)16-11-17(20(21)22)27-23-16;2-1(3)4/h2-12,18-20,24H,1H3;(H2,2,3,4)/t12-,18-,19+;/m1./s1. The van der Waals surface area contributed by atoms with Crippen molar-refractivity contribution >= 4 is 16.2 Å². The molecule has 8 nitrogen and oxygen atoms in total. The molecular weight excluding hydrogens is 446 g/mol. The number of alkyl halides is 2. The first-order chi connectivity index (χ1) is 15.1. The highest BCUT2D eigenvalue weighted by molar-refractivity contribution is 7.89. The molecule has 32 heavy (non-hydrogen) atoms. The Balaban J connectivity index is 0.000000668. The third-order valence-electron chi connectivity index (χ3n) is 5.06. The fourth-order valence-corrected chi connectivity index (χ4v) is 4.76. The van der Waals surface area contributed by atoms with Crippen molar-refractivity contribution in [3.63, 3.8) is 0 Å². The largest absolute Gasteiger partial charge is 0.503 e. The average Bonchev–Trinajstić information content (AvgIpc) is 3.14. The fraction of sp³-hybridized carbons (Fsp3) is 0.238. The second kappa shape index (κ2) is 9.45. The van der Waals surface area contributed by atoms with E-state index >= 15 is 0 Å². The zero-order chi connectivity index (χ0) is 23.5. The summed E-state index contributed by atoms with van der Waals surface area (Å²) < 4.78 is 58.0. The fourth-order valence-electron chi connectivity index (χ4n) is 3.41. The number of nitrogens with zero attached hydrogens (tertiary/aromatic N) is 1. The molecule has 1 aliphatic carbocycles. The number of hydrogen-bond donors (Lipinski definition) is 3. The number of hydrogen-bond acceptors (Lipinski definition) is 5. The summed E-state index contributed by atoms with van der Waals surface area (Å²) in [6.45, 7) is 2.01. The Labute approximate surface area is 182 Å². The molecule has 1 aliphatic rings. The van der Waals surface area contributed by atoms with E-state index in [4.69, 9.17) is 15.0 Å². The minimum absolute atomic E-state index is 0.111. The molecule has 2 aromatic carbocycles. The normalized spacial score (nSPS) is 19.8. The number of aromatic nitrogens is 1. The monoisotopic (exact) mass is 466 g/mol. The Hall–Kier alpha value is -3.31. The summed E-state index contributed by atoms with van der Waals surface area (Å²) in [5.41, 5.74) is 1.84. The van der Waals surface area contributed by atoms with Gasteiger partial charge in [0.2, 0.25) is 15.8 Å². The van der Waals surface area contributed by atoms with Crippen LogP contribution in [0.15, 0.2) is 70.1 Å². The van der Waals surface area contributed by atoms with Gasteiger partial charge in [-0.15, -0.1) is 0 Å². The first-order valence-corrected chi connectivity index (χ1v) is 10.9. The van der Waals surface area contributed by atoms with Crippen LogP contribution in [0.4, 0.5) is 13.6 Å². The van der Waals surface area contributed by atoms with Crippen molar-refractivity contribution < 1.29 is 36.7 Å². The van der Waals surface area contributed by atoms with Gasteiger partial charge in [-0.05, 0) is 23.6 Å². The summed E-state index contributed by atoms with van der Waals surface area (Å²) in [6.07, 6.45) is -4.58. The van der Waals surface area contributed by atoms with Gasteiger partial charge in [0.1, 0.15) is 5.69 Å². The number of nitrogens with one attached hydrogen (secondary N) is 1. The van der Waals surface area contributed by atoms with Gasteiger partial charge in [0.25, 0.3) is 6.43 Å². The SMILES string of the molecule is C[C@H]1[C@H](NS(=O)(=O)c2ccc(-c3cc(C(F)F)on3)cc2)[C@H]1c1ccccc1.O=C(O)O.